The predicted octanol–water partition coefficient (Wildman–Crippen LogP) is 0.960. The summed E-state index contributed by atoms with van der Waals surface area (Å²) < 4.78 is 45.2. The average molecular weight is 286 g/mol. The van der Waals surface area contributed by atoms with Crippen LogP contribution in [0, 0.1) is 5.82 Å². The molecule has 2 heterocycles. The lowest BCUT2D eigenvalue weighted by atomic mass is 10.2. The van der Waals surface area contributed by atoms with Crippen LogP contribution in [-0.2, 0) is 14.8 Å². The van der Waals surface area contributed by atoms with E-state index in [1.165, 1.54) is 10.4 Å². The molecule has 0 spiro atoms. The number of nitrogens with two attached hydrogens (primary N) is 1. The summed E-state index contributed by atoms with van der Waals surface area (Å²) in [5, 5.41) is 0. The number of ether oxygens (including phenoxy) is 1. The van der Waals surface area contributed by atoms with Crippen LogP contribution in [0.15, 0.2) is 23.1 Å². The summed E-state index contributed by atoms with van der Waals surface area (Å²) in [7, 11) is -3.70. The summed E-state index contributed by atoms with van der Waals surface area (Å²) in [4.78, 5) is -0.0914. The molecule has 2 fully saturated rings. The van der Waals surface area contributed by atoms with E-state index in [9.17, 15) is 12.8 Å². The number of anilines is 1. The van der Waals surface area contributed by atoms with Crippen molar-refractivity contribution in [2.24, 2.45) is 0 Å². The maximum atomic E-state index is 13.3. The van der Waals surface area contributed by atoms with Gasteiger partial charge in [0.05, 0.1) is 17.1 Å². The Morgan fingerprint density at radius 1 is 1.21 bits per heavy atom. The molecule has 2 aliphatic heterocycles. The first-order valence-electron chi connectivity index (χ1n) is 6.17. The zero-order valence-corrected chi connectivity index (χ0v) is 11.1. The van der Waals surface area contributed by atoms with E-state index in [1.807, 2.05) is 0 Å². The normalized spacial score (nSPS) is 27.6. The van der Waals surface area contributed by atoms with Gasteiger partial charge in [-0.15, -0.1) is 0 Å². The molecular weight excluding hydrogens is 271 g/mol. The lowest BCUT2D eigenvalue weighted by Gasteiger charge is -2.31. The van der Waals surface area contributed by atoms with Crippen molar-refractivity contribution >= 4 is 15.7 Å². The number of hydrogen-bond donors (Lipinski definition) is 1. The summed E-state index contributed by atoms with van der Waals surface area (Å²) in [5.41, 5.74) is 5.61. The van der Waals surface area contributed by atoms with E-state index in [2.05, 4.69) is 0 Å². The molecule has 2 aliphatic rings. The lowest BCUT2D eigenvalue weighted by Crippen LogP contribution is -2.45. The van der Waals surface area contributed by atoms with Crippen LogP contribution in [0.4, 0.5) is 10.1 Å². The van der Waals surface area contributed by atoms with Gasteiger partial charge in [-0.2, -0.15) is 4.31 Å². The highest BCUT2D eigenvalue weighted by Gasteiger charge is 2.39. The number of hydrogen-bond acceptors (Lipinski definition) is 4. The number of sulfonamides is 1. The van der Waals surface area contributed by atoms with Crippen LogP contribution >= 0.6 is 0 Å². The highest BCUT2D eigenvalue weighted by molar-refractivity contribution is 7.89. The van der Waals surface area contributed by atoms with Gasteiger partial charge in [0.1, 0.15) is 5.82 Å². The molecule has 0 aliphatic carbocycles. The van der Waals surface area contributed by atoms with Crippen molar-refractivity contribution in [1.82, 2.24) is 4.31 Å². The zero-order valence-electron chi connectivity index (χ0n) is 10.3. The van der Waals surface area contributed by atoms with Crippen molar-refractivity contribution in [3.8, 4) is 0 Å². The number of nitrogen functional groups attached to an aromatic ring is 1. The molecule has 5 nitrogen and oxygen atoms in total. The molecule has 0 saturated carbocycles. The SMILES string of the molecule is Nc1cc(F)cc(S(=O)(=O)N2CC3CCC(C2)O3)c1. The minimum absolute atomic E-state index is 0.0422. The monoisotopic (exact) mass is 286 g/mol. The van der Waals surface area contributed by atoms with Crippen LogP contribution in [0.2, 0.25) is 0 Å². The van der Waals surface area contributed by atoms with Crippen LogP contribution in [0.3, 0.4) is 0 Å². The molecule has 2 bridgehead atoms. The van der Waals surface area contributed by atoms with Gasteiger partial charge in [0, 0.05) is 18.8 Å². The fraction of sp³-hybridized carbons (Fsp3) is 0.500. The Kier molecular flexibility index (Phi) is 2.99. The van der Waals surface area contributed by atoms with Gasteiger partial charge in [-0.25, -0.2) is 12.8 Å². The molecule has 2 unspecified atom stereocenters. The second-order valence-electron chi connectivity index (χ2n) is 5.00. The highest BCUT2D eigenvalue weighted by Crippen LogP contribution is 2.30. The number of fused-ring (bicyclic) bond motifs is 2. The van der Waals surface area contributed by atoms with Crippen molar-refractivity contribution in [2.75, 3.05) is 18.8 Å². The largest absolute Gasteiger partial charge is 0.399 e. The van der Waals surface area contributed by atoms with Crippen LogP contribution < -0.4 is 5.73 Å². The molecule has 1 aromatic rings. The minimum atomic E-state index is -3.70. The molecule has 2 N–H and O–H groups in total. The highest BCUT2D eigenvalue weighted by atomic mass is 32.2. The molecule has 0 amide bonds. The van der Waals surface area contributed by atoms with E-state index in [0.29, 0.717) is 13.1 Å². The summed E-state index contributed by atoms with van der Waals surface area (Å²) in [6, 6.07) is 3.39. The number of benzene rings is 1. The van der Waals surface area contributed by atoms with Gasteiger partial charge >= 0.3 is 0 Å². The Hall–Kier alpha value is -1.18. The van der Waals surface area contributed by atoms with E-state index >= 15 is 0 Å². The standard InChI is InChI=1S/C12H15FN2O3S/c13-8-3-9(14)5-12(4-8)19(16,17)15-6-10-1-2-11(7-15)18-10/h3-5,10-11H,1-2,6-7,14H2. The van der Waals surface area contributed by atoms with E-state index in [4.69, 9.17) is 10.5 Å². The second-order valence-corrected chi connectivity index (χ2v) is 6.94. The molecule has 3 rings (SSSR count). The van der Waals surface area contributed by atoms with Crippen molar-refractivity contribution in [3.05, 3.63) is 24.0 Å². The Labute approximate surface area is 111 Å². The van der Waals surface area contributed by atoms with E-state index < -0.39 is 15.8 Å². The molecule has 0 aromatic heterocycles. The smallest absolute Gasteiger partial charge is 0.243 e. The Bertz CT molecular complexity index is 573. The maximum absolute atomic E-state index is 13.3. The van der Waals surface area contributed by atoms with Gasteiger partial charge in [0.25, 0.3) is 0 Å². The number of morpholine rings is 1. The van der Waals surface area contributed by atoms with Gasteiger partial charge in [0.2, 0.25) is 10.0 Å². The summed E-state index contributed by atoms with van der Waals surface area (Å²) >= 11 is 0. The molecule has 104 valence electrons. The first-order valence-corrected chi connectivity index (χ1v) is 7.61. The Balaban J connectivity index is 1.94. The first kappa shape index (κ1) is 12.8. The topological polar surface area (TPSA) is 72.6 Å². The molecular formula is C12H15FN2O3S. The predicted molar refractivity (Wildman–Crippen MR) is 67.5 cm³/mol. The van der Waals surface area contributed by atoms with E-state index in [-0.39, 0.29) is 22.8 Å². The fourth-order valence-corrected chi connectivity index (χ4v) is 4.23. The van der Waals surface area contributed by atoms with Crippen molar-refractivity contribution < 1.29 is 17.5 Å². The summed E-state index contributed by atoms with van der Waals surface area (Å²) in [5.74, 6) is -0.644. The molecule has 1 aromatic carbocycles. The number of rotatable bonds is 2. The number of nitrogens with zero attached hydrogens (tertiary/aromatic N) is 1. The Morgan fingerprint density at radius 2 is 1.84 bits per heavy atom. The first-order chi connectivity index (χ1) is 8.95. The van der Waals surface area contributed by atoms with Crippen LogP contribution in [-0.4, -0.2) is 38.0 Å². The van der Waals surface area contributed by atoms with Crippen LogP contribution in [0.25, 0.3) is 0 Å². The second kappa shape index (κ2) is 4.43. The molecule has 19 heavy (non-hydrogen) atoms. The zero-order chi connectivity index (χ0) is 13.6. The van der Waals surface area contributed by atoms with Crippen molar-refractivity contribution in [2.45, 2.75) is 29.9 Å². The Morgan fingerprint density at radius 3 is 2.42 bits per heavy atom. The van der Waals surface area contributed by atoms with Gasteiger partial charge in [-0.1, -0.05) is 0 Å². The third kappa shape index (κ3) is 2.33. The minimum Gasteiger partial charge on any atom is -0.399 e. The third-order valence-corrected chi connectivity index (χ3v) is 5.35. The molecule has 2 atom stereocenters. The fourth-order valence-electron chi connectivity index (χ4n) is 2.66. The summed E-state index contributed by atoms with van der Waals surface area (Å²) in [6.07, 6.45) is 1.67. The lowest BCUT2D eigenvalue weighted by molar-refractivity contribution is -0.0114. The number of halogens is 1. The van der Waals surface area contributed by atoms with E-state index in [0.717, 1.165) is 25.0 Å². The maximum Gasteiger partial charge on any atom is 0.243 e. The van der Waals surface area contributed by atoms with E-state index in [1.54, 1.807) is 0 Å². The van der Waals surface area contributed by atoms with Gasteiger partial charge in [-0.05, 0) is 31.0 Å². The molecule has 0 radical (unpaired) electrons. The summed E-state index contributed by atoms with van der Waals surface area (Å²) in [6.45, 7) is 0.657. The average Bonchev–Trinajstić information content (AvgIpc) is 2.67. The molecule has 2 saturated heterocycles. The van der Waals surface area contributed by atoms with Gasteiger partial charge in [0.15, 0.2) is 0 Å². The quantitative estimate of drug-likeness (QED) is 0.822. The van der Waals surface area contributed by atoms with Gasteiger partial charge in [-0.3, -0.25) is 0 Å². The molecule has 7 heteroatoms. The van der Waals surface area contributed by atoms with Crippen LogP contribution in [0.1, 0.15) is 12.8 Å². The van der Waals surface area contributed by atoms with Crippen molar-refractivity contribution in [3.63, 3.8) is 0 Å². The van der Waals surface area contributed by atoms with Crippen molar-refractivity contribution in [1.29, 1.82) is 0 Å². The van der Waals surface area contributed by atoms with Gasteiger partial charge < -0.3 is 10.5 Å². The third-order valence-electron chi connectivity index (χ3n) is 3.54. The van der Waals surface area contributed by atoms with Crippen LogP contribution in [0.5, 0.6) is 0 Å².